The molecule has 0 atom stereocenters. The molecule has 0 bridgehead atoms. The summed E-state index contributed by atoms with van der Waals surface area (Å²) in [5.41, 5.74) is 0.825. The van der Waals surface area contributed by atoms with Crippen molar-refractivity contribution in [2.45, 2.75) is 27.2 Å². The number of aromatic amines is 1. The molecule has 0 radical (unpaired) electrons. The van der Waals surface area contributed by atoms with Gasteiger partial charge < -0.3 is 10.4 Å². The zero-order valence-corrected chi connectivity index (χ0v) is 15.6. The molecule has 0 saturated carbocycles. The molecule has 142 valence electrons. The number of carbonyl (C=O) groups is 3. The summed E-state index contributed by atoms with van der Waals surface area (Å²) in [5.74, 6) is 0.431. The molecule has 3 aromatic rings. The van der Waals surface area contributed by atoms with E-state index in [2.05, 4.69) is 20.4 Å². The number of anilines is 1. The maximum absolute atomic E-state index is 12.4. The molecular formula is C16H17N5O5S. The van der Waals surface area contributed by atoms with E-state index in [1.54, 1.807) is 25.3 Å². The van der Waals surface area contributed by atoms with Gasteiger partial charge in [0.2, 0.25) is 5.91 Å². The topological polar surface area (TPSA) is 147 Å². The number of nitrogens with zero attached hydrogens (tertiary/aromatic N) is 3. The lowest BCUT2D eigenvalue weighted by molar-refractivity contribution is -0.123. The van der Waals surface area contributed by atoms with Gasteiger partial charge in [0.1, 0.15) is 11.5 Å². The van der Waals surface area contributed by atoms with Crippen molar-refractivity contribution >= 4 is 41.0 Å². The summed E-state index contributed by atoms with van der Waals surface area (Å²) in [6, 6.07) is 1.69. The number of Topliss-reactive ketones (excluding diaryl/α,β-unsaturated/α-hetero) is 1. The molecule has 3 heterocycles. The second kappa shape index (κ2) is 8.36. The number of aromatic nitrogens is 4. The minimum absolute atomic E-state index is 0.0370. The van der Waals surface area contributed by atoms with Crippen molar-refractivity contribution in [2.24, 2.45) is 0 Å². The van der Waals surface area contributed by atoms with Crippen LogP contribution in [0.25, 0.3) is 5.78 Å². The predicted octanol–water partition coefficient (Wildman–Crippen LogP) is 1.18. The molecule has 0 fully saturated rings. The van der Waals surface area contributed by atoms with E-state index in [1.165, 1.54) is 22.8 Å². The first-order valence-electron chi connectivity index (χ1n) is 7.68. The van der Waals surface area contributed by atoms with Crippen molar-refractivity contribution in [3.05, 3.63) is 43.8 Å². The average molecular weight is 391 g/mol. The molecule has 1 amide bonds. The van der Waals surface area contributed by atoms with Crippen LogP contribution < -0.4 is 10.9 Å². The van der Waals surface area contributed by atoms with Crippen molar-refractivity contribution in [3.63, 3.8) is 0 Å². The minimum atomic E-state index is -0.416. The standard InChI is InChI=1S/C15H15N5O3S.CH2O2/c1-7-13(14(23)20-15(16-7)17-9(3)19-20)18-12(22)5-10-4-11(8(2)21)24-6-10;2-1-3/h4,6H,5H2,1-3H3,(H,18,22)(H,16,17,19);1H,(H,2,3). The lowest BCUT2D eigenvalue weighted by Crippen LogP contribution is -2.26. The summed E-state index contributed by atoms with van der Waals surface area (Å²) >= 11 is 1.30. The Labute approximate surface area is 156 Å². The molecule has 0 aliphatic heterocycles. The molecule has 0 aliphatic carbocycles. The molecular weight excluding hydrogens is 374 g/mol. The van der Waals surface area contributed by atoms with E-state index in [4.69, 9.17) is 9.90 Å². The number of carboxylic acid groups (broad SMARTS) is 1. The number of thiophene rings is 1. The van der Waals surface area contributed by atoms with Crippen molar-refractivity contribution in [2.75, 3.05) is 5.32 Å². The number of ketones is 1. The Balaban J connectivity index is 0.000000817. The number of hydrogen-bond acceptors (Lipinski definition) is 7. The number of nitrogens with one attached hydrogen (secondary N) is 2. The van der Waals surface area contributed by atoms with Crippen LogP contribution in [0.1, 0.15) is 33.7 Å². The Morgan fingerprint density at radius 1 is 1.37 bits per heavy atom. The van der Waals surface area contributed by atoms with Gasteiger partial charge in [-0.05, 0) is 37.8 Å². The molecule has 0 saturated heterocycles. The smallest absolute Gasteiger partial charge is 0.298 e. The second-order valence-electron chi connectivity index (χ2n) is 5.53. The number of carbonyl (C=O) groups excluding carboxylic acids is 2. The van der Waals surface area contributed by atoms with Gasteiger partial charge in [-0.25, -0.2) is 4.98 Å². The first-order chi connectivity index (χ1) is 12.8. The minimum Gasteiger partial charge on any atom is -0.483 e. The summed E-state index contributed by atoms with van der Waals surface area (Å²) in [5, 5.41) is 14.0. The Hall–Kier alpha value is -3.34. The third-order valence-corrected chi connectivity index (χ3v) is 4.50. The SMILES string of the molecule is CC(=O)c1cc(CC(=O)Nc2c(C)nc3nc(C)[nH]n3c2=O)cs1.O=CO. The number of rotatable bonds is 4. The van der Waals surface area contributed by atoms with Crippen LogP contribution in [0, 0.1) is 13.8 Å². The lowest BCUT2D eigenvalue weighted by atomic mass is 10.2. The highest BCUT2D eigenvalue weighted by Crippen LogP contribution is 2.16. The van der Waals surface area contributed by atoms with Crippen LogP contribution in [-0.2, 0) is 16.0 Å². The fraction of sp³-hybridized carbons (Fsp3) is 0.250. The van der Waals surface area contributed by atoms with Gasteiger partial charge in [-0.15, -0.1) is 11.3 Å². The highest BCUT2D eigenvalue weighted by molar-refractivity contribution is 7.12. The molecule has 3 rings (SSSR count). The highest BCUT2D eigenvalue weighted by Gasteiger charge is 2.15. The van der Waals surface area contributed by atoms with E-state index in [9.17, 15) is 14.4 Å². The van der Waals surface area contributed by atoms with Crippen molar-refractivity contribution < 1.29 is 19.5 Å². The normalized spacial score (nSPS) is 10.2. The molecule has 0 aliphatic rings. The van der Waals surface area contributed by atoms with E-state index >= 15 is 0 Å². The van der Waals surface area contributed by atoms with Crippen molar-refractivity contribution in [1.82, 2.24) is 19.6 Å². The van der Waals surface area contributed by atoms with Crippen LogP contribution in [-0.4, -0.2) is 42.9 Å². The van der Waals surface area contributed by atoms with Gasteiger partial charge in [-0.2, -0.15) is 9.50 Å². The van der Waals surface area contributed by atoms with Crippen LogP contribution in [0.4, 0.5) is 5.69 Å². The summed E-state index contributed by atoms with van der Waals surface area (Å²) in [4.78, 5) is 53.2. The Morgan fingerprint density at radius 2 is 2.04 bits per heavy atom. The van der Waals surface area contributed by atoms with Gasteiger partial charge >= 0.3 is 0 Å². The van der Waals surface area contributed by atoms with Gasteiger partial charge in [0.05, 0.1) is 17.0 Å². The van der Waals surface area contributed by atoms with Gasteiger partial charge in [-0.1, -0.05) is 0 Å². The molecule has 0 spiro atoms. The van der Waals surface area contributed by atoms with E-state index in [-0.39, 0.29) is 36.0 Å². The van der Waals surface area contributed by atoms with E-state index < -0.39 is 5.56 Å². The summed E-state index contributed by atoms with van der Waals surface area (Å²) < 4.78 is 1.19. The highest BCUT2D eigenvalue weighted by atomic mass is 32.1. The van der Waals surface area contributed by atoms with Crippen LogP contribution in [0.3, 0.4) is 0 Å². The molecule has 10 nitrogen and oxygen atoms in total. The first-order valence-corrected chi connectivity index (χ1v) is 8.56. The first kappa shape index (κ1) is 20.0. The van der Waals surface area contributed by atoms with Crippen LogP contribution in [0.5, 0.6) is 0 Å². The fourth-order valence-electron chi connectivity index (χ4n) is 2.29. The zero-order valence-electron chi connectivity index (χ0n) is 14.8. The van der Waals surface area contributed by atoms with Gasteiger partial charge in [0.15, 0.2) is 5.78 Å². The van der Waals surface area contributed by atoms with Crippen LogP contribution >= 0.6 is 11.3 Å². The van der Waals surface area contributed by atoms with Crippen molar-refractivity contribution in [1.29, 1.82) is 0 Å². The summed E-state index contributed by atoms with van der Waals surface area (Å²) in [7, 11) is 0. The average Bonchev–Trinajstić information content (AvgIpc) is 3.18. The summed E-state index contributed by atoms with van der Waals surface area (Å²) in [6.45, 7) is 4.58. The van der Waals surface area contributed by atoms with Crippen LogP contribution in [0.15, 0.2) is 16.2 Å². The van der Waals surface area contributed by atoms with Gasteiger partial charge in [0.25, 0.3) is 17.8 Å². The molecule has 27 heavy (non-hydrogen) atoms. The summed E-state index contributed by atoms with van der Waals surface area (Å²) in [6.07, 6.45) is 0.0768. The molecule has 0 aromatic carbocycles. The van der Waals surface area contributed by atoms with Gasteiger partial charge in [-0.3, -0.25) is 24.3 Å². The Morgan fingerprint density at radius 3 is 2.63 bits per heavy atom. The van der Waals surface area contributed by atoms with Gasteiger partial charge in [0, 0.05) is 0 Å². The predicted molar refractivity (Wildman–Crippen MR) is 98.4 cm³/mol. The fourth-order valence-corrected chi connectivity index (χ4v) is 3.11. The molecule has 0 unspecified atom stereocenters. The lowest BCUT2D eigenvalue weighted by Gasteiger charge is -2.06. The monoisotopic (exact) mass is 391 g/mol. The molecule has 11 heteroatoms. The Bertz CT molecular complexity index is 1070. The largest absolute Gasteiger partial charge is 0.483 e. The maximum Gasteiger partial charge on any atom is 0.298 e. The zero-order chi connectivity index (χ0) is 20.1. The maximum atomic E-state index is 12.4. The molecule has 3 N–H and O–H groups in total. The number of H-pyrrole nitrogens is 1. The number of amides is 1. The number of aryl methyl sites for hydroxylation is 2. The second-order valence-corrected chi connectivity index (χ2v) is 6.44. The Kier molecular flexibility index (Phi) is 6.19. The quantitative estimate of drug-likeness (QED) is 0.447. The third-order valence-electron chi connectivity index (χ3n) is 3.42. The van der Waals surface area contributed by atoms with E-state index in [1.807, 2.05) is 0 Å². The van der Waals surface area contributed by atoms with Crippen LogP contribution in [0.2, 0.25) is 0 Å². The number of fused-ring (bicyclic) bond motifs is 1. The van der Waals surface area contributed by atoms with E-state index in [0.717, 1.165) is 5.56 Å². The number of hydrogen-bond donors (Lipinski definition) is 3. The molecule has 3 aromatic heterocycles. The van der Waals surface area contributed by atoms with Crippen molar-refractivity contribution in [3.8, 4) is 0 Å². The third kappa shape index (κ3) is 4.64. The van der Waals surface area contributed by atoms with E-state index in [0.29, 0.717) is 16.4 Å².